The molecule has 2 radical (unpaired) electrons. The molecule has 0 aromatic rings. The lowest BCUT2D eigenvalue weighted by Crippen LogP contribution is -2.29. The number of aliphatic hydroxyl groups excluding tert-OH is 1. The number of rotatable bonds is 4. The topological polar surface area (TPSA) is 76.0 Å². The smallest absolute Gasteiger partial charge is 0.394 e. The number of aliphatic hydroxyl groups is 1. The van der Waals surface area contributed by atoms with E-state index in [0.717, 1.165) is 0 Å². The summed E-state index contributed by atoms with van der Waals surface area (Å²) in [6, 6.07) is -1.11. The van der Waals surface area contributed by atoms with Crippen molar-refractivity contribution in [3.8, 4) is 0 Å². The molecule has 1 heterocycles. The Morgan fingerprint density at radius 2 is 2.29 bits per heavy atom. The summed E-state index contributed by atoms with van der Waals surface area (Å²) in [5, 5.41) is 8.80. The fourth-order valence-electron chi connectivity index (χ4n) is 1.35. The molecule has 5 unspecified atom stereocenters. The van der Waals surface area contributed by atoms with E-state index in [-0.39, 0.29) is 6.61 Å². The second-order valence-corrected chi connectivity index (χ2v) is 3.70. The summed E-state index contributed by atoms with van der Waals surface area (Å²) in [6.07, 6.45) is -2.28. The molecule has 1 rings (SSSR count). The van der Waals surface area contributed by atoms with E-state index in [0.29, 0.717) is 0 Å². The number of halogens is 1. The van der Waals surface area contributed by atoms with Gasteiger partial charge < -0.3 is 9.84 Å². The summed E-state index contributed by atoms with van der Waals surface area (Å²) in [7, 11) is 2.47. The van der Waals surface area contributed by atoms with E-state index in [4.69, 9.17) is 22.6 Å². The molecular weight excluding hydrogens is 213 g/mol. The Balaban J connectivity index is 2.50. The highest BCUT2D eigenvalue weighted by molar-refractivity contribution is 7.32. The molecule has 0 aliphatic carbocycles. The van der Waals surface area contributed by atoms with Gasteiger partial charge in [-0.15, -0.1) is 9.42 Å². The van der Waals surface area contributed by atoms with E-state index in [1.807, 2.05) is 0 Å². The van der Waals surface area contributed by atoms with Gasteiger partial charge in [0.05, 0.1) is 12.7 Å². The zero-order valence-corrected chi connectivity index (χ0v) is 8.14. The minimum Gasteiger partial charge on any atom is -0.394 e. The molecule has 1 fully saturated rings. The van der Waals surface area contributed by atoms with Crippen molar-refractivity contribution in [2.75, 3.05) is 13.2 Å². The van der Waals surface area contributed by atoms with Crippen LogP contribution in [0.25, 0.3) is 0 Å². The molecule has 0 amide bonds. The highest BCUT2D eigenvalue weighted by Crippen LogP contribution is 2.30. The summed E-state index contributed by atoms with van der Waals surface area (Å²) >= 11 is 0. The first-order chi connectivity index (χ1) is 6.56. The van der Waals surface area contributed by atoms with Gasteiger partial charge in [-0.1, -0.05) is 0 Å². The number of alkyl halides is 1. The Morgan fingerprint density at radius 3 is 2.79 bits per heavy atom. The standard InChI is InChI=1S/C6H9BFO5P/c7-6-5(8)3(2-12-14(10)11)4(1-9)13-6/h3-6,9H,1-2H2/p+1. The minimum atomic E-state index is -2.77. The monoisotopic (exact) mass is 223 g/mol. The van der Waals surface area contributed by atoms with Crippen LogP contribution in [0.5, 0.6) is 0 Å². The Labute approximate surface area is 82.6 Å². The fourth-order valence-corrected chi connectivity index (χ4v) is 1.65. The van der Waals surface area contributed by atoms with Crippen molar-refractivity contribution >= 4 is 16.1 Å². The molecule has 8 heteroatoms. The van der Waals surface area contributed by atoms with Crippen molar-refractivity contribution in [2.45, 2.75) is 18.3 Å². The molecule has 1 saturated heterocycles. The van der Waals surface area contributed by atoms with Crippen molar-refractivity contribution in [1.82, 2.24) is 0 Å². The molecule has 0 aromatic carbocycles. The first-order valence-electron chi connectivity index (χ1n) is 4.01. The van der Waals surface area contributed by atoms with Crippen molar-refractivity contribution in [3.05, 3.63) is 0 Å². The molecule has 2 N–H and O–H groups in total. The summed E-state index contributed by atoms with van der Waals surface area (Å²) in [6.45, 7) is -0.698. The zero-order valence-electron chi connectivity index (χ0n) is 7.25. The lowest BCUT2D eigenvalue weighted by Gasteiger charge is -2.13. The number of hydrogen-bond acceptors (Lipinski definition) is 4. The predicted molar refractivity (Wildman–Crippen MR) is 45.7 cm³/mol. The molecule has 1 aliphatic rings. The molecule has 14 heavy (non-hydrogen) atoms. The van der Waals surface area contributed by atoms with Gasteiger partial charge in [-0.05, 0) is 0 Å². The molecule has 5 nitrogen and oxygen atoms in total. The number of hydrogen-bond donors (Lipinski definition) is 2. The third kappa shape index (κ3) is 2.71. The molecular formula is C6H10BFO5P+. The molecule has 0 aromatic heterocycles. The highest BCUT2D eigenvalue weighted by Gasteiger charge is 2.43. The van der Waals surface area contributed by atoms with Crippen LogP contribution in [-0.2, 0) is 13.8 Å². The van der Waals surface area contributed by atoms with Gasteiger partial charge >= 0.3 is 8.25 Å². The fraction of sp³-hybridized carbons (Fsp3) is 1.00. The highest BCUT2D eigenvalue weighted by atomic mass is 31.1. The van der Waals surface area contributed by atoms with Crippen LogP contribution in [0.4, 0.5) is 4.39 Å². The quantitative estimate of drug-likeness (QED) is 0.495. The average molecular weight is 223 g/mol. The van der Waals surface area contributed by atoms with Crippen LogP contribution in [0.3, 0.4) is 0 Å². The lowest BCUT2D eigenvalue weighted by molar-refractivity contribution is 0.0179. The second kappa shape index (κ2) is 5.14. The van der Waals surface area contributed by atoms with Crippen LogP contribution in [-0.4, -0.2) is 49.3 Å². The largest absolute Gasteiger partial charge is 0.694 e. The van der Waals surface area contributed by atoms with Crippen molar-refractivity contribution in [1.29, 1.82) is 0 Å². The van der Waals surface area contributed by atoms with E-state index < -0.39 is 39.1 Å². The van der Waals surface area contributed by atoms with Gasteiger partial charge in [0.2, 0.25) is 0 Å². The molecule has 78 valence electrons. The van der Waals surface area contributed by atoms with Crippen molar-refractivity contribution < 1.29 is 28.2 Å². The van der Waals surface area contributed by atoms with Crippen LogP contribution in [0, 0.1) is 5.92 Å². The normalized spacial score (nSPS) is 38.6. The van der Waals surface area contributed by atoms with Crippen molar-refractivity contribution in [3.63, 3.8) is 0 Å². The van der Waals surface area contributed by atoms with Crippen LogP contribution in [0.1, 0.15) is 0 Å². The maximum atomic E-state index is 13.3. The maximum absolute atomic E-state index is 13.3. The third-order valence-electron chi connectivity index (χ3n) is 2.09. The van der Waals surface area contributed by atoms with E-state index in [1.165, 1.54) is 0 Å². The molecule has 0 bridgehead atoms. The first-order valence-corrected chi connectivity index (χ1v) is 5.14. The van der Waals surface area contributed by atoms with Gasteiger partial charge in [-0.25, -0.2) is 4.39 Å². The molecule has 5 atom stereocenters. The van der Waals surface area contributed by atoms with Crippen molar-refractivity contribution in [2.24, 2.45) is 5.92 Å². The summed E-state index contributed by atoms with van der Waals surface area (Å²) < 4.78 is 32.7. The van der Waals surface area contributed by atoms with Gasteiger partial charge in [-0.2, -0.15) is 0 Å². The second-order valence-electron chi connectivity index (χ2n) is 2.96. The van der Waals surface area contributed by atoms with E-state index in [9.17, 15) is 8.96 Å². The maximum Gasteiger partial charge on any atom is 0.694 e. The minimum absolute atomic E-state index is 0.300. The van der Waals surface area contributed by atoms with Gasteiger partial charge in [0.25, 0.3) is 0 Å². The van der Waals surface area contributed by atoms with Gasteiger partial charge in [0, 0.05) is 16.5 Å². The van der Waals surface area contributed by atoms with Gasteiger partial charge in [0.15, 0.2) is 0 Å². The van der Waals surface area contributed by atoms with Crippen LogP contribution in [0.2, 0.25) is 0 Å². The Kier molecular flexibility index (Phi) is 4.41. The van der Waals surface area contributed by atoms with Gasteiger partial charge in [-0.3, -0.25) is 0 Å². The first kappa shape index (κ1) is 12.0. The number of ether oxygens (including phenoxy) is 1. The van der Waals surface area contributed by atoms with Crippen LogP contribution >= 0.6 is 8.25 Å². The lowest BCUT2D eigenvalue weighted by atomic mass is 9.89. The van der Waals surface area contributed by atoms with E-state index in [2.05, 4.69) is 4.52 Å². The molecule has 0 saturated carbocycles. The predicted octanol–water partition coefficient (Wildman–Crippen LogP) is -0.507. The van der Waals surface area contributed by atoms with Crippen LogP contribution in [0.15, 0.2) is 0 Å². The van der Waals surface area contributed by atoms with E-state index >= 15 is 0 Å². The summed E-state index contributed by atoms with van der Waals surface area (Å²) in [5.74, 6) is -0.805. The Hall–Kier alpha value is -0.0651. The van der Waals surface area contributed by atoms with E-state index in [1.54, 1.807) is 0 Å². The zero-order chi connectivity index (χ0) is 10.7. The summed E-state index contributed by atoms with van der Waals surface area (Å²) in [4.78, 5) is 8.35. The molecule has 1 aliphatic heterocycles. The Bertz CT molecular complexity index is 218. The molecule has 0 spiro atoms. The SMILES string of the molecule is [B]C1OC(CO)C(CO[P+](=O)O)C1F. The average Bonchev–Trinajstić information content (AvgIpc) is 2.40. The third-order valence-corrected chi connectivity index (χ3v) is 2.46. The Morgan fingerprint density at radius 1 is 1.64 bits per heavy atom. The van der Waals surface area contributed by atoms with Gasteiger partial charge in [0.1, 0.15) is 20.6 Å². The summed E-state index contributed by atoms with van der Waals surface area (Å²) in [5.41, 5.74) is 0. The van der Waals surface area contributed by atoms with Crippen LogP contribution < -0.4 is 0 Å².